The molecule has 0 spiro atoms. The lowest BCUT2D eigenvalue weighted by atomic mass is 10.1. The van der Waals surface area contributed by atoms with Gasteiger partial charge in [0.05, 0.1) is 11.7 Å². The first kappa shape index (κ1) is 12.5. The molecule has 0 aliphatic heterocycles. The summed E-state index contributed by atoms with van der Waals surface area (Å²) in [5.41, 5.74) is 0.571. The first-order valence-corrected chi connectivity index (χ1v) is 5.94. The maximum atomic E-state index is 11.8. The smallest absolute Gasteiger partial charge is 0.358 e. The van der Waals surface area contributed by atoms with Gasteiger partial charge in [0.2, 0.25) is 0 Å². The van der Waals surface area contributed by atoms with Gasteiger partial charge < -0.3 is 9.84 Å². The van der Waals surface area contributed by atoms with E-state index < -0.39 is 11.9 Å². The van der Waals surface area contributed by atoms with Gasteiger partial charge >= 0.3 is 11.9 Å². The number of carboxylic acids is 1. The zero-order chi connectivity index (χ0) is 13.3. The summed E-state index contributed by atoms with van der Waals surface area (Å²) in [7, 11) is 0. The van der Waals surface area contributed by atoms with Crippen LogP contribution in [0.4, 0.5) is 0 Å². The Hall–Kier alpha value is -1.91. The van der Waals surface area contributed by atoms with E-state index in [9.17, 15) is 9.59 Å². The molecule has 18 heavy (non-hydrogen) atoms. The number of nitrogens with zero attached hydrogens (tertiary/aromatic N) is 1. The van der Waals surface area contributed by atoms with Crippen molar-refractivity contribution < 1.29 is 19.4 Å². The van der Waals surface area contributed by atoms with Crippen LogP contribution in [-0.4, -0.2) is 28.1 Å². The predicted octanol–water partition coefficient (Wildman–Crippen LogP) is 2.22. The molecule has 0 amide bonds. The van der Waals surface area contributed by atoms with Crippen LogP contribution in [0.2, 0.25) is 0 Å². The van der Waals surface area contributed by atoms with Crippen LogP contribution in [0, 0.1) is 0 Å². The molecular weight excluding hydrogens is 234 g/mol. The maximum Gasteiger partial charge on any atom is 0.358 e. The Morgan fingerprint density at radius 2 is 2.06 bits per heavy atom. The summed E-state index contributed by atoms with van der Waals surface area (Å²) in [5, 5.41) is 9.05. The highest BCUT2D eigenvalue weighted by Gasteiger charge is 2.28. The van der Waals surface area contributed by atoms with Gasteiger partial charge in [0.1, 0.15) is 0 Å². The Kier molecular flexibility index (Phi) is 3.32. The molecule has 5 heteroatoms. The molecule has 96 valence electrons. The highest BCUT2D eigenvalue weighted by molar-refractivity contribution is 6.01. The van der Waals surface area contributed by atoms with E-state index in [2.05, 4.69) is 4.98 Å². The van der Waals surface area contributed by atoms with Crippen LogP contribution in [0.25, 0.3) is 0 Å². The molecule has 1 aliphatic carbocycles. The fraction of sp³-hybridized carbons (Fsp3) is 0.462. The third kappa shape index (κ3) is 2.67. The molecule has 0 bridgehead atoms. The number of rotatable bonds is 4. The van der Waals surface area contributed by atoms with Crippen molar-refractivity contribution in [2.75, 3.05) is 0 Å². The molecule has 2 rings (SSSR count). The molecule has 0 unspecified atom stereocenters. The van der Waals surface area contributed by atoms with Crippen LogP contribution < -0.4 is 0 Å². The Morgan fingerprint density at radius 1 is 1.39 bits per heavy atom. The van der Waals surface area contributed by atoms with Gasteiger partial charge in [-0.1, -0.05) is 0 Å². The van der Waals surface area contributed by atoms with Gasteiger partial charge in [-0.15, -0.1) is 0 Å². The van der Waals surface area contributed by atoms with Crippen LogP contribution in [0.1, 0.15) is 59.1 Å². The fourth-order valence-corrected chi connectivity index (χ4v) is 1.68. The van der Waals surface area contributed by atoms with Gasteiger partial charge in [-0.25, -0.2) is 14.6 Å². The van der Waals surface area contributed by atoms with E-state index in [1.165, 1.54) is 6.07 Å². The minimum atomic E-state index is -1.17. The van der Waals surface area contributed by atoms with Gasteiger partial charge in [-0.3, -0.25) is 0 Å². The van der Waals surface area contributed by atoms with Crippen molar-refractivity contribution in [3.05, 3.63) is 29.1 Å². The minimum Gasteiger partial charge on any atom is -0.478 e. The van der Waals surface area contributed by atoms with Gasteiger partial charge in [0.25, 0.3) is 0 Å². The number of ether oxygens (including phenoxy) is 1. The van der Waals surface area contributed by atoms with E-state index in [0.29, 0.717) is 5.92 Å². The largest absolute Gasteiger partial charge is 0.478 e. The third-order valence-electron chi connectivity index (χ3n) is 2.68. The van der Waals surface area contributed by atoms with Crippen LogP contribution in [0.5, 0.6) is 0 Å². The van der Waals surface area contributed by atoms with Crippen molar-refractivity contribution in [1.29, 1.82) is 0 Å². The molecule has 1 heterocycles. The summed E-state index contributed by atoms with van der Waals surface area (Å²) in [6, 6.07) is 3.10. The number of hydrogen-bond donors (Lipinski definition) is 1. The van der Waals surface area contributed by atoms with Gasteiger partial charge in [0, 0.05) is 11.6 Å². The standard InChI is InChI=1S/C13H15NO4/c1-7(2)18-13(17)11-9(12(15)16)5-6-10(14-11)8-3-4-8/h5-8H,3-4H2,1-2H3,(H,15,16). The highest BCUT2D eigenvalue weighted by atomic mass is 16.5. The first-order valence-electron chi connectivity index (χ1n) is 5.94. The van der Waals surface area contributed by atoms with Gasteiger partial charge in [-0.05, 0) is 38.8 Å². The molecule has 1 aromatic heterocycles. The van der Waals surface area contributed by atoms with Gasteiger partial charge in [0.15, 0.2) is 5.69 Å². The number of hydrogen-bond acceptors (Lipinski definition) is 4. The average Bonchev–Trinajstić information content (AvgIpc) is 3.10. The predicted molar refractivity (Wildman–Crippen MR) is 63.7 cm³/mol. The van der Waals surface area contributed by atoms with E-state index >= 15 is 0 Å². The van der Waals surface area contributed by atoms with Crippen LogP contribution in [-0.2, 0) is 4.74 Å². The Morgan fingerprint density at radius 3 is 2.56 bits per heavy atom. The molecular formula is C13H15NO4. The molecule has 0 saturated heterocycles. The quantitative estimate of drug-likeness (QED) is 0.828. The average molecular weight is 249 g/mol. The Balaban J connectivity index is 2.36. The van der Waals surface area contributed by atoms with Crippen molar-refractivity contribution in [2.45, 2.75) is 38.7 Å². The first-order chi connectivity index (χ1) is 8.49. The normalized spacial score (nSPS) is 14.6. The number of aromatic nitrogens is 1. The molecule has 1 aromatic rings. The van der Waals surface area contributed by atoms with Crippen molar-refractivity contribution in [2.24, 2.45) is 0 Å². The molecule has 1 saturated carbocycles. The molecule has 5 nitrogen and oxygen atoms in total. The van der Waals surface area contributed by atoms with E-state index in [1.807, 2.05) is 0 Å². The van der Waals surface area contributed by atoms with E-state index in [1.54, 1.807) is 19.9 Å². The number of pyridine rings is 1. The van der Waals surface area contributed by atoms with Gasteiger partial charge in [-0.2, -0.15) is 0 Å². The summed E-state index contributed by atoms with van der Waals surface area (Å²) < 4.78 is 5.02. The van der Waals surface area contributed by atoms with Crippen molar-refractivity contribution in [3.63, 3.8) is 0 Å². The number of aromatic carboxylic acids is 1. The number of esters is 1. The lowest BCUT2D eigenvalue weighted by Crippen LogP contribution is -2.18. The Labute approximate surface area is 105 Å². The molecule has 1 aliphatic rings. The number of carbonyl (C=O) groups is 2. The van der Waals surface area contributed by atoms with E-state index in [0.717, 1.165) is 18.5 Å². The minimum absolute atomic E-state index is 0.0967. The van der Waals surface area contributed by atoms with Crippen LogP contribution >= 0.6 is 0 Å². The molecule has 1 fully saturated rings. The summed E-state index contributed by atoms with van der Waals surface area (Å²) in [4.78, 5) is 27.0. The summed E-state index contributed by atoms with van der Waals surface area (Å²) in [6.45, 7) is 3.42. The molecule has 1 N–H and O–H groups in total. The Bertz CT molecular complexity index is 492. The maximum absolute atomic E-state index is 11.8. The molecule has 0 atom stereocenters. The second-order valence-electron chi connectivity index (χ2n) is 4.67. The number of carboxylic acid groups (broad SMARTS) is 1. The molecule has 0 aromatic carbocycles. The van der Waals surface area contributed by atoms with Crippen molar-refractivity contribution in [1.82, 2.24) is 4.98 Å². The fourth-order valence-electron chi connectivity index (χ4n) is 1.68. The highest BCUT2D eigenvalue weighted by Crippen LogP contribution is 2.39. The monoisotopic (exact) mass is 249 g/mol. The lowest BCUT2D eigenvalue weighted by Gasteiger charge is -2.10. The van der Waals surface area contributed by atoms with E-state index in [4.69, 9.17) is 9.84 Å². The topological polar surface area (TPSA) is 76.5 Å². The summed E-state index contributed by atoms with van der Waals surface area (Å²) in [6.07, 6.45) is 1.78. The van der Waals surface area contributed by atoms with Crippen LogP contribution in [0.3, 0.4) is 0 Å². The second-order valence-corrected chi connectivity index (χ2v) is 4.67. The second kappa shape index (κ2) is 4.76. The SMILES string of the molecule is CC(C)OC(=O)c1nc(C2CC2)ccc1C(=O)O. The zero-order valence-electron chi connectivity index (χ0n) is 10.3. The van der Waals surface area contributed by atoms with Crippen LogP contribution in [0.15, 0.2) is 12.1 Å². The lowest BCUT2D eigenvalue weighted by molar-refractivity contribution is 0.0363. The third-order valence-corrected chi connectivity index (χ3v) is 2.68. The molecule has 0 radical (unpaired) electrons. The number of carbonyl (C=O) groups excluding carboxylic acids is 1. The van der Waals surface area contributed by atoms with Crippen molar-refractivity contribution >= 4 is 11.9 Å². The summed E-state index contributed by atoms with van der Waals surface area (Å²) >= 11 is 0. The van der Waals surface area contributed by atoms with Crippen molar-refractivity contribution in [3.8, 4) is 0 Å². The summed E-state index contributed by atoms with van der Waals surface area (Å²) in [5.74, 6) is -1.48. The van der Waals surface area contributed by atoms with E-state index in [-0.39, 0.29) is 17.4 Å². The zero-order valence-corrected chi connectivity index (χ0v) is 10.3.